The van der Waals surface area contributed by atoms with Crippen LogP contribution in [0.2, 0.25) is 0 Å². The van der Waals surface area contributed by atoms with E-state index in [2.05, 4.69) is 15.5 Å². The number of aromatic nitrogens is 2. The lowest BCUT2D eigenvalue weighted by Gasteiger charge is -2.35. The lowest BCUT2D eigenvalue weighted by Crippen LogP contribution is -2.56. The van der Waals surface area contributed by atoms with Crippen LogP contribution in [0.25, 0.3) is 11.0 Å². The molecule has 9 heteroatoms. The van der Waals surface area contributed by atoms with E-state index < -0.39 is 5.54 Å². The summed E-state index contributed by atoms with van der Waals surface area (Å²) >= 11 is 3.03. The van der Waals surface area contributed by atoms with E-state index >= 15 is 0 Å². The van der Waals surface area contributed by atoms with Crippen LogP contribution in [-0.4, -0.2) is 34.2 Å². The van der Waals surface area contributed by atoms with Gasteiger partial charge >= 0.3 is 5.97 Å². The third-order valence-electron chi connectivity index (χ3n) is 5.48. The summed E-state index contributed by atoms with van der Waals surface area (Å²) in [7, 11) is 0. The minimum Gasteiger partial charge on any atom is -0.464 e. The second kappa shape index (κ2) is 9.40. The summed E-state index contributed by atoms with van der Waals surface area (Å²) in [5.74, 6) is 0.0136. The number of amides is 1. The molecule has 1 N–H and O–H groups in total. The van der Waals surface area contributed by atoms with Crippen molar-refractivity contribution in [2.75, 3.05) is 6.61 Å². The topological polar surface area (TPSA) is 94.3 Å². The molecule has 7 nitrogen and oxygen atoms in total. The molecule has 0 spiro atoms. The van der Waals surface area contributed by atoms with Crippen molar-refractivity contribution in [2.45, 2.75) is 61.6 Å². The van der Waals surface area contributed by atoms with Crippen LogP contribution in [0.1, 0.15) is 60.2 Å². The summed E-state index contributed by atoms with van der Waals surface area (Å²) in [4.78, 5) is 26.2. The number of nitrogens with one attached hydrogen (secondary N) is 1. The summed E-state index contributed by atoms with van der Waals surface area (Å²) in [5.41, 5.74) is 0.441. The molecule has 1 amide bonds. The third-order valence-corrected chi connectivity index (χ3v) is 7.48. The summed E-state index contributed by atoms with van der Waals surface area (Å²) in [6.45, 7) is 3.97. The van der Waals surface area contributed by atoms with E-state index in [1.54, 1.807) is 6.92 Å². The van der Waals surface area contributed by atoms with Gasteiger partial charge in [-0.15, -0.1) is 10.2 Å². The van der Waals surface area contributed by atoms with Gasteiger partial charge in [0.05, 0.1) is 6.61 Å². The van der Waals surface area contributed by atoms with E-state index in [1.165, 1.54) is 23.1 Å². The first-order valence-electron chi connectivity index (χ1n) is 10.5. The van der Waals surface area contributed by atoms with Crippen molar-refractivity contribution < 1.29 is 18.7 Å². The second-order valence-electron chi connectivity index (χ2n) is 7.60. The third kappa shape index (κ3) is 4.62. The normalized spacial score (nSPS) is 15.7. The van der Waals surface area contributed by atoms with Crippen LogP contribution in [0.15, 0.2) is 33.0 Å². The maximum atomic E-state index is 13.4. The number of esters is 1. The van der Waals surface area contributed by atoms with E-state index in [-0.39, 0.29) is 24.2 Å². The van der Waals surface area contributed by atoms with Gasteiger partial charge < -0.3 is 14.5 Å². The Hall–Kier alpha value is -2.39. The molecule has 1 fully saturated rings. The summed E-state index contributed by atoms with van der Waals surface area (Å²) in [6.07, 6.45) is 3.94. The van der Waals surface area contributed by atoms with E-state index in [0.29, 0.717) is 24.2 Å². The van der Waals surface area contributed by atoms with Gasteiger partial charge in [0.2, 0.25) is 0 Å². The number of furan rings is 1. The molecule has 0 bridgehead atoms. The average Bonchev–Trinajstić information content (AvgIpc) is 3.36. The molecule has 0 radical (unpaired) electrons. The Bertz CT molecular complexity index is 1090. The molecule has 0 atom stereocenters. The Kier molecular flexibility index (Phi) is 6.62. The molecule has 31 heavy (non-hydrogen) atoms. The zero-order valence-electron chi connectivity index (χ0n) is 17.6. The monoisotopic (exact) mass is 459 g/mol. The largest absolute Gasteiger partial charge is 0.464 e. The molecule has 2 aromatic heterocycles. The van der Waals surface area contributed by atoms with Crippen molar-refractivity contribution in [3.8, 4) is 0 Å². The van der Waals surface area contributed by atoms with Gasteiger partial charge in [0.25, 0.3) is 5.91 Å². The predicted octanol–water partition coefficient (Wildman–Crippen LogP) is 4.88. The number of carbonyl (C=O) groups is 2. The predicted molar refractivity (Wildman–Crippen MR) is 120 cm³/mol. The first kappa shape index (κ1) is 21.8. The molecule has 0 aliphatic heterocycles. The number of thioether (sulfide) groups is 1. The number of hydrogen-bond acceptors (Lipinski definition) is 8. The van der Waals surface area contributed by atoms with Crippen molar-refractivity contribution in [1.29, 1.82) is 0 Å². The van der Waals surface area contributed by atoms with Gasteiger partial charge in [-0.3, -0.25) is 4.79 Å². The molecule has 3 aromatic rings. The van der Waals surface area contributed by atoms with Gasteiger partial charge in [-0.25, -0.2) is 4.79 Å². The van der Waals surface area contributed by atoms with Crippen LogP contribution in [0, 0.1) is 6.92 Å². The fourth-order valence-corrected chi connectivity index (χ4v) is 5.82. The summed E-state index contributed by atoms with van der Waals surface area (Å²) in [6, 6.07) is 7.58. The van der Waals surface area contributed by atoms with Gasteiger partial charge in [-0.05, 0) is 32.8 Å². The van der Waals surface area contributed by atoms with Crippen LogP contribution in [-0.2, 0) is 15.3 Å². The molecule has 164 valence electrons. The minimum atomic E-state index is -0.995. The highest BCUT2D eigenvalue weighted by atomic mass is 32.2. The highest BCUT2D eigenvalue weighted by molar-refractivity contribution is 8.00. The maximum Gasteiger partial charge on any atom is 0.331 e. The smallest absolute Gasteiger partial charge is 0.331 e. The highest BCUT2D eigenvalue weighted by Crippen LogP contribution is 2.35. The number of aryl methyl sites for hydroxylation is 1. The lowest BCUT2D eigenvalue weighted by molar-refractivity contribution is -0.152. The lowest BCUT2D eigenvalue weighted by atomic mass is 9.81. The molecule has 1 aromatic carbocycles. The number of hydrogen-bond donors (Lipinski definition) is 1. The molecule has 0 saturated heterocycles. The van der Waals surface area contributed by atoms with Gasteiger partial charge in [0, 0.05) is 16.7 Å². The SMILES string of the molecule is CCOC(=O)C1(NC(=O)c2oc3ccccc3c2CSc2nnc(C)s2)CCCCC1. The van der Waals surface area contributed by atoms with Crippen molar-refractivity contribution in [3.05, 3.63) is 40.6 Å². The summed E-state index contributed by atoms with van der Waals surface area (Å²) < 4.78 is 12.1. The molecule has 4 rings (SSSR count). The van der Waals surface area contributed by atoms with E-state index in [4.69, 9.17) is 9.15 Å². The Morgan fingerprint density at radius 2 is 2.00 bits per heavy atom. The van der Waals surface area contributed by atoms with Crippen LogP contribution in [0.5, 0.6) is 0 Å². The standard InChI is InChI=1S/C22H25N3O4S2/c1-3-28-20(27)22(11-7-4-8-12-22)23-19(26)18-16(13-30-21-25-24-14(2)31-21)15-9-5-6-10-17(15)29-18/h5-6,9-10H,3-4,7-8,11-13H2,1-2H3,(H,23,26). The van der Waals surface area contributed by atoms with Crippen LogP contribution < -0.4 is 5.32 Å². The fourth-order valence-electron chi connectivity index (χ4n) is 3.97. The summed E-state index contributed by atoms with van der Waals surface area (Å²) in [5, 5.41) is 13.0. The Labute approximate surface area is 188 Å². The highest BCUT2D eigenvalue weighted by Gasteiger charge is 2.43. The molecule has 1 aliphatic carbocycles. The Morgan fingerprint density at radius 3 is 2.71 bits per heavy atom. The Morgan fingerprint density at radius 1 is 1.23 bits per heavy atom. The number of nitrogens with zero attached hydrogens (tertiary/aromatic N) is 2. The van der Waals surface area contributed by atoms with Gasteiger partial charge in [-0.1, -0.05) is 60.6 Å². The number of fused-ring (bicyclic) bond motifs is 1. The molecule has 0 unspecified atom stereocenters. The number of carbonyl (C=O) groups excluding carboxylic acids is 2. The van der Waals surface area contributed by atoms with Crippen LogP contribution >= 0.6 is 23.1 Å². The fraction of sp³-hybridized carbons (Fsp3) is 0.455. The number of benzene rings is 1. The minimum absolute atomic E-state index is 0.240. The first-order valence-corrected chi connectivity index (χ1v) is 12.3. The van der Waals surface area contributed by atoms with Gasteiger partial charge in [0.1, 0.15) is 16.1 Å². The zero-order valence-corrected chi connectivity index (χ0v) is 19.2. The number of rotatable bonds is 7. The van der Waals surface area contributed by atoms with Crippen molar-refractivity contribution in [3.63, 3.8) is 0 Å². The molecular weight excluding hydrogens is 434 g/mol. The van der Waals surface area contributed by atoms with Gasteiger partial charge in [0.15, 0.2) is 10.1 Å². The van der Waals surface area contributed by atoms with E-state index in [9.17, 15) is 9.59 Å². The van der Waals surface area contributed by atoms with Crippen molar-refractivity contribution >= 4 is 45.9 Å². The zero-order chi connectivity index (χ0) is 21.8. The number of ether oxygens (including phenoxy) is 1. The quantitative estimate of drug-likeness (QED) is 0.397. The number of para-hydroxylation sites is 1. The van der Waals surface area contributed by atoms with Crippen LogP contribution in [0.3, 0.4) is 0 Å². The van der Waals surface area contributed by atoms with Gasteiger partial charge in [-0.2, -0.15) is 0 Å². The second-order valence-corrected chi connectivity index (χ2v) is 10.0. The molecular formula is C22H25N3O4S2. The van der Waals surface area contributed by atoms with Crippen molar-refractivity contribution in [1.82, 2.24) is 15.5 Å². The van der Waals surface area contributed by atoms with E-state index in [0.717, 1.165) is 39.6 Å². The molecule has 2 heterocycles. The average molecular weight is 460 g/mol. The van der Waals surface area contributed by atoms with Crippen LogP contribution in [0.4, 0.5) is 0 Å². The first-order chi connectivity index (χ1) is 15.0. The van der Waals surface area contributed by atoms with Crippen molar-refractivity contribution in [2.24, 2.45) is 0 Å². The van der Waals surface area contributed by atoms with E-state index in [1.807, 2.05) is 31.2 Å². The maximum absolute atomic E-state index is 13.4. The Balaban J connectivity index is 1.64. The molecule has 1 aliphatic rings. The molecule has 1 saturated carbocycles.